The second kappa shape index (κ2) is 13.7. The average Bonchev–Trinajstić information content (AvgIpc) is 3.06. The van der Waals surface area contributed by atoms with Gasteiger partial charge < -0.3 is 15.0 Å². The number of halogens is 7. The van der Waals surface area contributed by atoms with Crippen LogP contribution < -0.4 is 5.32 Å². The van der Waals surface area contributed by atoms with Crippen molar-refractivity contribution in [3.8, 4) is 0 Å². The van der Waals surface area contributed by atoms with Gasteiger partial charge in [-0.1, -0.05) is 42.5 Å². The molecule has 252 valence electrons. The van der Waals surface area contributed by atoms with Crippen LogP contribution >= 0.6 is 0 Å². The maximum atomic E-state index is 14.2. The van der Waals surface area contributed by atoms with Crippen molar-refractivity contribution in [3.05, 3.63) is 106 Å². The zero-order chi connectivity index (χ0) is 34.0. The first kappa shape index (κ1) is 34.4. The molecule has 0 spiro atoms. The molecule has 3 aromatic rings. The van der Waals surface area contributed by atoms with Crippen molar-refractivity contribution in [2.75, 3.05) is 20.2 Å². The summed E-state index contributed by atoms with van der Waals surface area (Å²) in [4.78, 5) is 29.4. The predicted molar refractivity (Wildman–Crippen MR) is 160 cm³/mol. The summed E-state index contributed by atoms with van der Waals surface area (Å²) in [5.41, 5.74) is -3.36. The third-order valence-electron chi connectivity index (χ3n) is 9.61. The first-order chi connectivity index (χ1) is 22.2. The topological polar surface area (TPSA) is 58.6 Å². The summed E-state index contributed by atoms with van der Waals surface area (Å²) in [6, 6.07) is 14.4. The molecule has 5 nitrogen and oxygen atoms in total. The lowest BCUT2D eigenvalue weighted by Gasteiger charge is -2.45. The van der Waals surface area contributed by atoms with Gasteiger partial charge in [-0.25, -0.2) is 9.18 Å². The molecule has 1 amide bonds. The van der Waals surface area contributed by atoms with Crippen molar-refractivity contribution in [1.82, 2.24) is 10.2 Å². The molecule has 1 saturated heterocycles. The maximum absolute atomic E-state index is 14.2. The number of amides is 1. The van der Waals surface area contributed by atoms with Crippen LogP contribution in [0.1, 0.15) is 78.3 Å². The number of piperidine rings is 1. The zero-order valence-electron chi connectivity index (χ0n) is 25.6. The number of methoxy groups -OCH3 is 1. The van der Waals surface area contributed by atoms with Crippen molar-refractivity contribution in [2.45, 2.75) is 74.3 Å². The van der Waals surface area contributed by atoms with Gasteiger partial charge in [0.05, 0.1) is 23.7 Å². The summed E-state index contributed by atoms with van der Waals surface area (Å²) in [6.45, 7) is 1.64. The molecule has 1 atom stereocenters. The van der Waals surface area contributed by atoms with E-state index >= 15 is 0 Å². The Hall–Kier alpha value is -3.93. The molecular formula is C35H35F7N2O3. The van der Waals surface area contributed by atoms with Crippen LogP contribution in [0.2, 0.25) is 0 Å². The summed E-state index contributed by atoms with van der Waals surface area (Å²) in [5, 5.41) is 2.48. The number of hydrogen-bond donors (Lipinski definition) is 1. The normalized spacial score (nSPS) is 22.0. The summed E-state index contributed by atoms with van der Waals surface area (Å²) in [7, 11) is 0.942. The number of carbonyl (C=O) groups excluding carboxylic acids is 2. The van der Waals surface area contributed by atoms with Crippen LogP contribution in [0.4, 0.5) is 30.7 Å². The Morgan fingerprint density at radius 1 is 0.830 bits per heavy atom. The monoisotopic (exact) mass is 664 g/mol. The van der Waals surface area contributed by atoms with Gasteiger partial charge in [-0.05, 0) is 105 Å². The quantitative estimate of drug-likeness (QED) is 0.206. The molecule has 1 saturated carbocycles. The van der Waals surface area contributed by atoms with Crippen molar-refractivity contribution < 1.29 is 45.1 Å². The van der Waals surface area contributed by atoms with E-state index in [1.165, 1.54) is 12.1 Å². The highest BCUT2D eigenvalue weighted by atomic mass is 19.4. The van der Waals surface area contributed by atoms with E-state index < -0.39 is 52.4 Å². The molecule has 1 N–H and O–H groups in total. The molecule has 0 radical (unpaired) electrons. The fourth-order valence-corrected chi connectivity index (χ4v) is 7.01. The van der Waals surface area contributed by atoms with Crippen molar-refractivity contribution in [2.24, 2.45) is 0 Å². The van der Waals surface area contributed by atoms with Gasteiger partial charge in [0.25, 0.3) is 0 Å². The second-order valence-corrected chi connectivity index (χ2v) is 12.3. The van der Waals surface area contributed by atoms with Gasteiger partial charge in [0, 0.05) is 6.04 Å². The fraction of sp³-hybridized carbons (Fsp3) is 0.429. The van der Waals surface area contributed by atoms with Crippen LogP contribution in [0.15, 0.2) is 72.8 Å². The Labute approximate surface area is 268 Å². The summed E-state index contributed by atoms with van der Waals surface area (Å²) >= 11 is 0. The SMILES string of the molecule is COC(=O)C(NC(=O)C1(c2ccccc2)CCC(N2CCC(c3ccc(F)cc3)CC2)CC1)c1cc(C(F)(F)F)cc(C(F)(F)F)c1. The lowest BCUT2D eigenvalue weighted by Crippen LogP contribution is -2.52. The van der Waals surface area contributed by atoms with E-state index in [0.717, 1.165) is 38.6 Å². The van der Waals surface area contributed by atoms with Crippen molar-refractivity contribution in [3.63, 3.8) is 0 Å². The molecule has 1 heterocycles. The molecule has 12 heteroatoms. The Kier molecular flexibility index (Phi) is 10.0. The molecule has 1 unspecified atom stereocenters. The molecule has 2 aliphatic rings. The van der Waals surface area contributed by atoms with Gasteiger partial charge in [-0.3, -0.25) is 4.79 Å². The van der Waals surface area contributed by atoms with E-state index in [1.807, 2.05) is 12.1 Å². The first-order valence-electron chi connectivity index (χ1n) is 15.4. The zero-order valence-corrected chi connectivity index (χ0v) is 25.6. The fourth-order valence-electron chi connectivity index (χ4n) is 7.01. The van der Waals surface area contributed by atoms with Crippen LogP contribution in [0.3, 0.4) is 0 Å². The first-order valence-corrected chi connectivity index (χ1v) is 15.4. The number of alkyl halides is 6. The molecule has 3 aromatic carbocycles. The number of esters is 1. The molecule has 47 heavy (non-hydrogen) atoms. The number of likely N-dealkylation sites (tertiary alicyclic amines) is 1. The highest BCUT2D eigenvalue weighted by molar-refractivity contribution is 5.92. The highest BCUT2D eigenvalue weighted by Gasteiger charge is 2.46. The van der Waals surface area contributed by atoms with Gasteiger partial charge in [0.1, 0.15) is 5.82 Å². The molecule has 0 aromatic heterocycles. The average molecular weight is 665 g/mol. The number of benzene rings is 3. The number of carbonyl (C=O) groups is 2. The summed E-state index contributed by atoms with van der Waals surface area (Å²) < 4.78 is 100.0. The number of nitrogens with one attached hydrogen (secondary N) is 1. The Morgan fingerprint density at radius 3 is 1.89 bits per heavy atom. The largest absolute Gasteiger partial charge is 0.467 e. The van der Waals surface area contributed by atoms with Crippen LogP contribution in [0.25, 0.3) is 0 Å². The van der Waals surface area contributed by atoms with E-state index in [0.29, 0.717) is 49.3 Å². The molecular weight excluding hydrogens is 629 g/mol. The van der Waals surface area contributed by atoms with Crippen LogP contribution in [0, 0.1) is 5.82 Å². The predicted octanol–water partition coefficient (Wildman–Crippen LogP) is 7.95. The van der Waals surface area contributed by atoms with Crippen LogP contribution in [-0.2, 0) is 32.1 Å². The molecule has 0 bridgehead atoms. The van der Waals surface area contributed by atoms with Crippen molar-refractivity contribution in [1.29, 1.82) is 0 Å². The van der Waals surface area contributed by atoms with Crippen molar-refractivity contribution >= 4 is 11.9 Å². The summed E-state index contributed by atoms with van der Waals surface area (Å²) in [5.74, 6) is -1.85. The lowest BCUT2D eigenvalue weighted by molar-refractivity contribution is -0.147. The number of rotatable bonds is 7. The van der Waals surface area contributed by atoms with E-state index in [9.17, 15) is 40.3 Å². The minimum atomic E-state index is -5.14. The Morgan fingerprint density at radius 2 is 1.38 bits per heavy atom. The van der Waals surface area contributed by atoms with Crippen LogP contribution in [0.5, 0.6) is 0 Å². The lowest BCUT2D eigenvalue weighted by atomic mass is 9.67. The van der Waals surface area contributed by atoms with Gasteiger partial charge in [0.2, 0.25) is 5.91 Å². The smallest absolute Gasteiger partial charge is 0.416 e. The third-order valence-corrected chi connectivity index (χ3v) is 9.61. The minimum Gasteiger partial charge on any atom is -0.467 e. The van der Waals surface area contributed by atoms with Gasteiger partial charge in [-0.2, -0.15) is 26.3 Å². The maximum Gasteiger partial charge on any atom is 0.416 e. The van der Waals surface area contributed by atoms with E-state index in [4.69, 9.17) is 4.74 Å². The second-order valence-electron chi connectivity index (χ2n) is 12.3. The van der Waals surface area contributed by atoms with Gasteiger partial charge >= 0.3 is 18.3 Å². The standard InChI is InChI=1S/C35H35F7N2O3/c1-47-31(45)30(24-19-26(34(37,38)39)21-27(20-24)35(40,41)42)43-32(46)33(25-5-3-2-4-6-25)15-11-29(12-16-33)44-17-13-23(14-18-44)22-7-9-28(36)10-8-22/h2-10,19-21,23,29-30H,11-18H2,1H3,(H,43,46). The van der Waals surface area contributed by atoms with Gasteiger partial charge in [-0.15, -0.1) is 0 Å². The van der Waals surface area contributed by atoms with E-state index in [1.54, 1.807) is 30.3 Å². The number of hydrogen-bond acceptors (Lipinski definition) is 4. The third kappa shape index (κ3) is 7.63. The Balaban J connectivity index is 1.38. The molecule has 1 aliphatic heterocycles. The molecule has 5 rings (SSSR count). The van der Waals surface area contributed by atoms with E-state index in [2.05, 4.69) is 10.2 Å². The number of nitrogens with zero attached hydrogens (tertiary/aromatic N) is 1. The minimum absolute atomic E-state index is 0.0329. The highest BCUT2D eigenvalue weighted by Crippen LogP contribution is 2.43. The van der Waals surface area contributed by atoms with E-state index in [-0.39, 0.29) is 17.9 Å². The summed E-state index contributed by atoms with van der Waals surface area (Å²) in [6.07, 6.45) is -6.60. The number of ether oxygens (including phenoxy) is 1. The molecule has 2 fully saturated rings. The Bertz CT molecular complexity index is 1510. The molecule has 1 aliphatic carbocycles. The van der Waals surface area contributed by atoms with Crippen LogP contribution in [-0.4, -0.2) is 43.0 Å². The van der Waals surface area contributed by atoms with Gasteiger partial charge in [0.15, 0.2) is 6.04 Å².